The number of aromatic nitrogens is 1. The van der Waals surface area contributed by atoms with Crippen LogP contribution in [0.4, 0.5) is 0 Å². The number of methoxy groups -OCH3 is 1. The fraction of sp³-hybridized carbons (Fsp3) is 0.556. The second kappa shape index (κ2) is 8.20. The summed E-state index contributed by atoms with van der Waals surface area (Å²) in [7, 11) is 1.74. The molecule has 0 spiro atoms. The van der Waals surface area contributed by atoms with Gasteiger partial charge in [-0.1, -0.05) is 32.0 Å². The molecular formula is C18H28N2O. The summed E-state index contributed by atoms with van der Waals surface area (Å²) >= 11 is 0. The number of hydrogen-bond acceptors (Lipinski definition) is 2. The Hall–Kier alpha value is -1.32. The molecule has 0 saturated carbocycles. The van der Waals surface area contributed by atoms with Crippen molar-refractivity contribution in [2.75, 3.05) is 20.3 Å². The molecule has 3 nitrogen and oxygen atoms in total. The largest absolute Gasteiger partial charge is 0.383 e. The van der Waals surface area contributed by atoms with Crippen LogP contribution in [-0.4, -0.2) is 24.8 Å². The summed E-state index contributed by atoms with van der Waals surface area (Å²) in [6, 6.07) is 8.80. The standard InChI is InChI=1S/C18H28N2O/c1-15(2)6-5-11-20-12-9-16-7-4-8-17(18(16)20)14-19-10-13-21-3/h4,7-9,12,15,19H,5-6,10-11,13-14H2,1-3H3. The Kier molecular flexibility index (Phi) is 6.27. The van der Waals surface area contributed by atoms with Crippen molar-refractivity contribution in [1.29, 1.82) is 0 Å². The molecule has 0 amide bonds. The topological polar surface area (TPSA) is 26.2 Å². The zero-order chi connectivity index (χ0) is 15.1. The van der Waals surface area contributed by atoms with Crippen molar-refractivity contribution in [3.05, 3.63) is 36.0 Å². The maximum absolute atomic E-state index is 5.08. The van der Waals surface area contributed by atoms with Gasteiger partial charge in [0.2, 0.25) is 0 Å². The first-order valence-corrected chi connectivity index (χ1v) is 7.98. The summed E-state index contributed by atoms with van der Waals surface area (Å²) in [4.78, 5) is 0. The van der Waals surface area contributed by atoms with Gasteiger partial charge in [-0.25, -0.2) is 0 Å². The highest BCUT2D eigenvalue weighted by Gasteiger charge is 2.06. The minimum Gasteiger partial charge on any atom is -0.383 e. The first kappa shape index (κ1) is 16.1. The van der Waals surface area contributed by atoms with E-state index in [-0.39, 0.29) is 0 Å². The second-order valence-corrected chi connectivity index (χ2v) is 6.07. The Morgan fingerprint density at radius 1 is 1.24 bits per heavy atom. The molecule has 116 valence electrons. The SMILES string of the molecule is COCCNCc1cccc2ccn(CCCC(C)C)c12. The Morgan fingerprint density at radius 2 is 2.10 bits per heavy atom. The number of ether oxygens (including phenoxy) is 1. The first-order chi connectivity index (χ1) is 10.2. The number of para-hydroxylation sites is 1. The van der Waals surface area contributed by atoms with Crippen LogP contribution in [0.15, 0.2) is 30.5 Å². The van der Waals surface area contributed by atoms with Crippen LogP contribution in [0.1, 0.15) is 32.3 Å². The molecule has 0 saturated heterocycles. The molecule has 0 unspecified atom stereocenters. The lowest BCUT2D eigenvalue weighted by Gasteiger charge is -2.11. The number of nitrogens with zero attached hydrogens (tertiary/aromatic N) is 1. The monoisotopic (exact) mass is 288 g/mol. The van der Waals surface area contributed by atoms with E-state index >= 15 is 0 Å². The predicted molar refractivity (Wildman–Crippen MR) is 89.6 cm³/mol. The highest BCUT2D eigenvalue weighted by atomic mass is 16.5. The maximum atomic E-state index is 5.08. The Labute approximate surface area is 128 Å². The van der Waals surface area contributed by atoms with Gasteiger partial charge < -0.3 is 14.6 Å². The number of hydrogen-bond donors (Lipinski definition) is 1. The van der Waals surface area contributed by atoms with Crippen LogP contribution in [0.5, 0.6) is 0 Å². The molecule has 2 aromatic rings. The highest BCUT2D eigenvalue weighted by Crippen LogP contribution is 2.21. The lowest BCUT2D eigenvalue weighted by molar-refractivity contribution is 0.199. The molecule has 21 heavy (non-hydrogen) atoms. The smallest absolute Gasteiger partial charge is 0.0587 e. The molecule has 1 aromatic carbocycles. The molecule has 0 aliphatic heterocycles. The van der Waals surface area contributed by atoms with Gasteiger partial charge in [0.1, 0.15) is 0 Å². The number of fused-ring (bicyclic) bond motifs is 1. The van der Waals surface area contributed by atoms with E-state index in [1.54, 1.807) is 7.11 Å². The Bertz CT molecular complexity index is 545. The molecule has 2 rings (SSSR count). The van der Waals surface area contributed by atoms with E-state index in [4.69, 9.17) is 4.74 Å². The molecule has 1 heterocycles. The predicted octanol–water partition coefficient (Wildman–Crippen LogP) is 3.81. The second-order valence-electron chi connectivity index (χ2n) is 6.07. The molecule has 1 aromatic heterocycles. The number of benzene rings is 1. The summed E-state index contributed by atoms with van der Waals surface area (Å²) in [5.41, 5.74) is 2.75. The van der Waals surface area contributed by atoms with E-state index < -0.39 is 0 Å². The third-order valence-corrected chi connectivity index (χ3v) is 3.85. The Morgan fingerprint density at radius 3 is 2.86 bits per heavy atom. The van der Waals surface area contributed by atoms with Gasteiger partial charge in [0.05, 0.1) is 12.1 Å². The van der Waals surface area contributed by atoms with Crippen molar-refractivity contribution in [2.24, 2.45) is 5.92 Å². The Balaban J connectivity index is 2.07. The average Bonchev–Trinajstić information content (AvgIpc) is 2.87. The van der Waals surface area contributed by atoms with E-state index in [2.05, 4.69) is 54.2 Å². The summed E-state index contributed by atoms with van der Waals surface area (Å²) in [5.74, 6) is 0.780. The van der Waals surface area contributed by atoms with E-state index in [1.807, 2.05) is 0 Å². The third kappa shape index (κ3) is 4.58. The van der Waals surface area contributed by atoms with Gasteiger partial charge >= 0.3 is 0 Å². The lowest BCUT2D eigenvalue weighted by Crippen LogP contribution is -2.19. The fourth-order valence-electron chi connectivity index (χ4n) is 2.74. The van der Waals surface area contributed by atoms with Crippen molar-refractivity contribution in [1.82, 2.24) is 9.88 Å². The number of aryl methyl sites for hydroxylation is 1. The summed E-state index contributed by atoms with van der Waals surface area (Å²) in [6.45, 7) is 8.23. The van der Waals surface area contributed by atoms with Crippen LogP contribution in [0.2, 0.25) is 0 Å². The van der Waals surface area contributed by atoms with Crippen molar-refractivity contribution >= 4 is 10.9 Å². The summed E-state index contributed by atoms with van der Waals surface area (Å²) < 4.78 is 7.49. The molecule has 0 radical (unpaired) electrons. The van der Waals surface area contributed by atoms with E-state index in [0.717, 1.165) is 32.2 Å². The van der Waals surface area contributed by atoms with Gasteiger partial charge in [0.25, 0.3) is 0 Å². The maximum Gasteiger partial charge on any atom is 0.0587 e. The van der Waals surface area contributed by atoms with Gasteiger partial charge in [-0.15, -0.1) is 0 Å². The number of nitrogens with one attached hydrogen (secondary N) is 1. The molecule has 0 fully saturated rings. The molecule has 0 atom stereocenters. The normalized spacial score (nSPS) is 11.6. The quantitative estimate of drug-likeness (QED) is 0.710. The van der Waals surface area contributed by atoms with Gasteiger partial charge in [0, 0.05) is 32.9 Å². The summed E-state index contributed by atoms with van der Waals surface area (Å²) in [5, 5.41) is 4.79. The zero-order valence-corrected chi connectivity index (χ0v) is 13.6. The summed E-state index contributed by atoms with van der Waals surface area (Å²) in [6.07, 6.45) is 4.75. The van der Waals surface area contributed by atoms with E-state index in [0.29, 0.717) is 0 Å². The van der Waals surface area contributed by atoms with Crippen LogP contribution in [0, 0.1) is 5.92 Å². The van der Waals surface area contributed by atoms with Crippen LogP contribution in [0.3, 0.4) is 0 Å². The van der Waals surface area contributed by atoms with Crippen molar-refractivity contribution in [2.45, 2.75) is 39.8 Å². The minimum atomic E-state index is 0.755. The lowest BCUT2D eigenvalue weighted by atomic mass is 10.1. The van der Waals surface area contributed by atoms with Gasteiger partial charge in [-0.05, 0) is 35.8 Å². The van der Waals surface area contributed by atoms with Crippen molar-refractivity contribution in [3.8, 4) is 0 Å². The molecular weight excluding hydrogens is 260 g/mol. The van der Waals surface area contributed by atoms with Gasteiger partial charge in [-0.2, -0.15) is 0 Å². The first-order valence-electron chi connectivity index (χ1n) is 7.98. The van der Waals surface area contributed by atoms with E-state index in [1.165, 1.54) is 29.3 Å². The van der Waals surface area contributed by atoms with Gasteiger partial charge in [-0.3, -0.25) is 0 Å². The number of rotatable bonds is 9. The van der Waals surface area contributed by atoms with Crippen LogP contribution in [0.25, 0.3) is 10.9 Å². The fourth-order valence-corrected chi connectivity index (χ4v) is 2.74. The average molecular weight is 288 g/mol. The van der Waals surface area contributed by atoms with E-state index in [9.17, 15) is 0 Å². The minimum absolute atomic E-state index is 0.755. The zero-order valence-electron chi connectivity index (χ0n) is 13.6. The third-order valence-electron chi connectivity index (χ3n) is 3.85. The molecule has 1 N–H and O–H groups in total. The van der Waals surface area contributed by atoms with Crippen LogP contribution < -0.4 is 5.32 Å². The van der Waals surface area contributed by atoms with Crippen LogP contribution >= 0.6 is 0 Å². The van der Waals surface area contributed by atoms with Gasteiger partial charge in [0.15, 0.2) is 0 Å². The van der Waals surface area contributed by atoms with Crippen molar-refractivity contribution in [3.63, 3.8) is 0 Å². The highest BCUT2D eigenvalue weighted by molar-refractivity contribution is 5.83. The molecule has 3 heteroatoms. The van der Waals surface area contributed by atoms with Crippen LogP contribution in [-0.2, 0) is 17.8 Å². The van der Waals surface area contributed by atoms with Crippen molar-refractivity contribution < 1.29 is 4.74 Å². The molecule has 0 aliphatic carbocycles. The molecule has 0 bridgehead atoms. The molecule has 0 aliphatic rings.